The van der Waals surface area contributed by atoms with E-state index in [1.165, 1.54) is 132 Å². The van der Waals surface area contributed by atoms with Crippen LogP contribution in [0.15, 0.2) is 297 Å². The first kappa shape index (κ1) is 43.6. The Morgan fingerprint density at radius 2 is 0.558 bits per heavy atom. The zero-order chi connectivity index (χ0) is 50.7. The Balaban J connectivity index is 1.02. The van der Waals surface area contributed by atoms with Crippen LogP contribution in [0.2, 0.25) is 0 Å². The highest BCUT2D eigenvalue weighted by Crippen LogP contribution is 2.59. The smallest absolute Gasteiger partial charge is 0.0713 e. The molecule has 1 nitrogen and oxygen atoms in total. The van der Waals surface area contributed by atoms with Crippen LogP contribution < -0.4 is 0 Å². The van der Waals surface area contributed by atoms with Gasteiger partial charge in [-0.15, -0.1) is 0 Å². The number of fused-ring (bicyclic) bond motifs is 11. The van der Waals surface area contributed by atoms with Crippen LogP contribution in [0.4, 0.5) is 0 Å². The fraction of sp³-hybridized carbons (Fsp3) is 0.0263. The van der Waals surface area contributed by atoms with Gasteiger partial charge in [-0.2, -0.15) is 0 Å². The molecule has 16 rings (SSSR count). The highest BCUT2D eigenvalue weighted by Gasteiger charge is 2.48. The Morgan fingerprint density at radius 3 is 1.00 bits per heavy atom. The summed E-state index contributed by atoms with van der Waals surface area (Å²) < 4.78 is 2.47. The van der Waals surface area contributed by atoms with Gasteiger partial charge in [-0.05, 0) is 147 Å². The quantitative estimate of drug-likeness (QED) is 0.140. The summed E-state index contributed by atoms with van der Waals surface area (Å²) in [7, 11) is 0. The molecule has 358 valence electrons. The van der Waals surface area contributed by atoms with Crippen molar-refractivity contribution in [2.45, 2.75) is 10.8 Å². The summed E-state index contributed by atoms with van der Waals surface area (Å²) in [6.07, 6.45) is 0. The van der Waals surface area contributed by atoms with E-state index < -0.39 is 10.8 Å². The molecule has 0 unspecified atom stereocenters. The minimum absolute atomic E-state index is 0.536. The molecule has 2 aliphatic rings. The first-order chi connectivity index (χ1) is 38.2. The van der Waals surface area contributed by atoms with Crippen LogP contribution >= 0.6 is 0 Å². The van der Waals surface area contributed by atoms with Crippen LogP contribution in [0.1, 0.15) is 44.5 Å². The van der Waals surface area contributed by atoms with Crippen molar-refractivity contribution in [3.05, 3.63) is 342 Å². The van der Waals surface area contributed by atoms with Crippen LogP contribution in [0, 0.1) is 0 Å². The Labute approximate surface area is 448 Å². The Hall–Kier alpha value is -9.82. The number of benzene rings is 13. The van der Waals surface area contributed by atoms with Gasteiger partial charge < -0.3 is 4.57 Å². The summed E-state index contributed by atoms with van der Waals surface area (Å²) in [5.74, 6) is 0. The maximum absolute atomic E-state index is 2.55. The van der Waals surface area contributed by atoms with Gasteiger partial charge in [0.25, 0.3) is 0 Å². The molecule has 14 aromatic rings. The third-order valence-electron chi connectivity index (χ3n) is 17.3. The van der Waals surface area contributed by atoms with E-state index in [4.69, 9.17) is 0 Å². The average Bonchev–Trinajstić information content (AvgIpc) is 4.28. The Bertz CT molecular complexity index is 4530. The number of aromatic nitrogens is 1. The molecule has 0 bridgehead atoms. The molecule has 0 spiro atoms. The SMILES string of the molecule is c1ccc(C2(c3ccccc3)c3ccccc3-c3ccc(-c4c5ccccc5c(-c5ccc6c(c5)C(c5ccccc5)(c5ccccc5)c5ccccc5-6)c5cc(-n6c7ccccc7c7ccccc76)ccc45)cc32)cc1. The van der Waals surface area contributed by atoms with E-state index >= 15 is 0 Å². The minimum atomic E-state index is -0.546. The molecule has 13 aromatic carbocycles. The normalized spacial score (nSPS) is 13.7. The second-order valence-electron chi connectivity index (χ2n) is 21.0. The Kier molecular flexibility index (Phi) is 9.53. The third kappa shape index (κ3) is 6.06. The predicted molar refractivity (Wildman–Crippen MR) is 321 cm³/mol. The van der Waals surface area contributed by atoms with Crippen LogP contribution in [-0.4, -0.2) is 4.57 Å². The first-order valence-corrected chi connectivity index (χ1v) is 26.9. The van der Waals surface area contributed by atoms with E-state index in [1.54, 1.807) is 0 Å². The van der Waals surface area contributed by atoms with Gasteiger partial charge >= 0.3 is 0 Å². The lowest BCUT2D eigenvalue weighted by Gasteiger charge is -2.34. The largest absolute Gasteiger partial charge is 0.309 e. The third-order valence-corrected chi connectivity index (χ3v) is 17.3. The van der Waals surface area contributed by atoms with Gasteiger partial charge in [0.2, 0.25) is 0 Å². The lowest BCUT2D eigenvalue weighted by molar-refractivity contribution is 0.769. The number of hydrogen-bond acceptors (Lipinski definition) is 0. The number of para-hydroxylation sites is 2. The van der Waals surface area contributed by atoms with Gasteiger partial charge in [-0.1, -0.05) is 261 Å². The zero-order valence-electron chi connectivity index (χ0n) is 42.2. The van der Waals surface area contributed by atoms with E-state index in [9.17, 15) is 0 Å². The van der Waals surface area contributed by atoms with Gasteiger partial charge in [0, 0.05) is 16.5 Å². The summed E-state index contributed by atoms with van der Waals surface area (Å²) in [4.78, 5) is 0. The molecule has 2 aliphatic carbocycles. The van der Waals surface area contributed by atoms with E-state index in [1.807, 2.05) is 0 Å². The topological polar surface area (TPSA) is 4.93 Å². The second-order valence-corrected chi connectivity index (χ2v) is 21.0. The maximum atomic E-state index is 2.55. The minimum Gasteiger partial charge on any atom is -0.309 e. The molecule has 0 saturated carbocycles. The molecular weight excluding hydrogens is 927 g/mol. The standard InChI is InChI=1S/C76H49N/c1-5-23-52(24-6-1)75(53-25-7-2-8-26-53)67-37-19-15-31-57(67)59-44-41-50(47-69(59)75)73-63-35-13-14-36-64(63)74(66-49-56(43-46-65(66)73)77-71-39-21-17-33-61(71)62-34-18-22-40-72(62)77)51-42-45-60-58-32-16-20-38-68(58)76(70(60)48-51,54-27-9-3-10-28-54)55-29-11-4-12-30-55/h1-49H. The molecule has 0 aliphatic heterocycles. The van der Waals surface area contributed by atoms with E-state index in [0.29, 0.717) is 0 Å². The Morgan fingerprint density at radius 1 is 0.221 bits per heavy atom. The molecular formula is C76H49N. The van der Waals surface area contributed by atoms with Crippen molar-refractivity contribution in [2.75, 3.05) is 0 Å². The maximum Gasteiger partial charge on any atom is 0.0713 e. The molecule has 1 heterocycles. The van der Waals surface area contributed by atoms with E-state index in [-0.39, 0.29) is 0 Å². The fourth-order valence-corrected chi connectivity index (χ4v) is 14.3. The number of hydrogen-bond donors (Lipinski definition) is 0. The summed E-state index contributed by atoms with van der Waals surface area (Å²) >= 11 is 0. The number of rotatable bonds is 7. The molecule has 77 heavy (non-hydrogen) atoms. The summed E-state index contributed by atoms with van der Waals surface area (Å²) in [5.41, 5.74) is 22.6. The fourth-order valence-electron chi connectivity index (χ4n) is 14.3. The average molecular weight is 976 g/mol. The van der Waals surface area contributed by atoms with Crippen molar-refractivity contribution >= 4 is 43.4 Å². The monoisotopic (exact) mass is 975 g/mol. The van der Waals surface area contributed by atoms with Gasteiger partial charge in [0.15, 0.2) is 0 Å². The highest BCUT2D eigenvalue weighted by molar-refractivity contribution is 6.22. The molecule has 0 atom stereocenters. The van der Waals surface area contributed by atoms with E-state index in [2.05, 4.69) is 302 Å². The summed E-state index contributed by atoms with van der Waals surface area (Å²) in [6.45, 7) is 0. The predicted octanol–water partition coefficient (Wildman–Crippen LogP) is 19.2. The van der Waals surface area contributed by atoms with Crippen molar-refractivity contribution in [3.63, 3.8) is 0 Å². The summed E-state index contributed by atoms with van der Waals surface area (Å²) in [5, 5.41) is 7.36. The summed E-state index contributed by atoms with van der Waals surface area (Å²) in [6, 6.07) is 112. The van der Waals surface area contributed by atoms with Gasteiger partial charge in [0.1, 0.15) is 0 Å². The molecule has 0 fully saturated rings. The lowest BCUT2D eigenvalue weighted by atomic mass is 9.67. The van der Waals surface area contributed by atoms with Crippen LogP contribution in [0.5, 0.6) is 0 Å². The van der Waals surface area contributed by atoms with Crippen molar-refractivity contribution in [1.82, 2.24) is 4.57 Å². The second kappa shape index (κ2) is 16.8. The van der Waals surface area contributed by atoms with Gasteiger partial charge in [-0.3, -0.25) is 0 Å². The van der Waals surface area contributed by atoms with Crippen LogP contribution in [0.25, 0.3) is 93.5 Å². The van der Waals surface area contributed by atoms with Crippen molar-refractivity contribution in [3.8, 4) is 50.2 Å². The molecule has 0 radical (unpaired) electrons. The van der Waals surface area contributed by atoms with E-state index in [0.717, 1.165) is 5.69 Å². The van der Waals surface area contributed by atoms with Crippen molar-refractivity contribution < 1.29 is 0 Å². The van der Waals surface area contributed by atoms with Gasteiger partial charge in [-0.25, -0.2) is 0 Å². The molecule has 1 aromatic heterocycles. The zero-order valence-corrected chi connectivity index (χ0v) is 42.2. The van der Waals surface area contributed by atoms with Crippen LogP contribution in [-0.2, 0) is 10.8 Å². The molecule has 0 N–H and O–H groups in total. The number of nitrogens with zero attached hydrogens (tertiary/aromatic N) is 1. The highest BCUT2D eigenvalue weighted by atomic mass is 15.0. The lowest BCUT2D eigenvalue weighted by Crippen LogP contribution is -2.28. The van der Waals surface area contributed by atoms with Crippen molar-refractivity contribution in [1.29, 1.82) is 0 Å². The molecule has 0 saturated heterocycles. The molecule has 0 amide bonds. The first-order valence-electron chi connectivity index (χ1n) is 26.9. The van der Waals surface area contributed by atoms with Gasteiger partial charge in [0.05, 0.1) is 21.9 Å². The van der Waals surface area contributed by atoms with Crippen LogP contribution in [0.3, 0.4) is 0 Å². The molecule has 1 heteroatoms. The van der Waals surface area contributed by atoms with Crippen molar-refractivity contribution in [2.24, 2.45) is 0 Å².